The molecule has 0 radical (unpaired) electrons. The fourth-order valence-electron chi connectivity index (χ4n) is 2.32. The smallest absolute Gasteiger partial charge is 0.0434 e. The molecule has 4 heteroatoms. The van der Waals surface area contributed by atoms with E-state index in [0.29, 0.717) is 6.04 Å². The number of anilines is 1. The topological polar surface area (TPSA) is 15.3 Å². The van der Waals surface area contributed by atoms with Crippen molar-refractivity contribution < 1.29 is 0 Å². The minimum atomic E-state index is 0.371. The van der Waals surface area contributed by atoms with Gasteiger partial charge in [-0.25, -0.2) is 0 Å². The molecule has 21 heavy (non-hydrogen) atoms. The molecule has 0 fully saturated rings. The van der Waals surface area contributed by atoms with Crippen LogP contribution in [-0.4, -0.2) is 13.6 Å². The summed E-state index contributed by atoms with van der Waals surface area (Å²) in [5.74, 6) is 0. The summed E-state index contributed by atoms with van der Waals surface area (Å²) < 4.78 is 1.17. The molecule has 1 aromatic carbocycles. The van der Waals surface area contributed by atoms with Crippen molar-refractivity contribution in [3.8, 4) is 0 Å². The highest BCUT2D eigenvalue weighted by Gasteiger charge is 2.11. The van der Waals surface area contributed by atoms with E-state index in [1.807, 2.05) is 0 Å². The fraction of sp³-hybridized carbons (Fsp3) is 0.412. The van der Waals surface area contributed by atoms with Gasteiger partial charge in [-0.1, -0.05) is 28.9 Å². The second-order valence-electron chi connectivity index (χ2n) is 5.37. The molecule has 114 valence electrons. The van der Waals surface area contributed by atoms with Gasteiger partial charge >= 0.3 is 0 Å². The molecule has 0 saturated heterocycles. The predicted molar refractivity (Wildman–Crippen MR) is 97.3 cm³/mol. The zero-order valence-electron chi connectivity index (χ0n) is 12.9. The lowest BCUT2D eigenvalue weighted by Gasteiger charge is -2.21. The van der Waals surface area contributed by atoms with E-state index in [4.69, 9.17) is 0 Å². The number of benzene rings is 1. The minimum absolute atomic E-state index is 0.371. The molecule has 0 aliphatic heterocycles. The van der Waals surface area contributed by atoms with E-state index in [1.54, 1.807) is 11.3 Å². The Bertz CT molecular complexity index is 554. The lowest BCUT2D eigenvalue weighted by molar-refractivity contribution is 0.569. The first-order valence-electron chi connectivity index (χ1n) is 7.37. The summed E-state index contributed by atoms with van der Waals surface area (Å²) in [6, 6.07) is 9.19. The predicted octanol–water partition coefficient (Wildman–Crippen LogP) is 5.21. The Labute approximate surface area is 140 Å². The first kappa shape index (κ1) is 16.5. The fourth-order valence-corrected chi connectivity index (χ4v) is 3.69. The molecule has 1 heterocycles. The zero-order valence-corrected chi connectivity index (χ0v) is 15.3. The molecule has 0 aliphatic rings. The summed E-state index contributed by atoms with van der Waals surface area (Å²) in [6.45, 7) is 6.40. The first-order valence-corrected chi connectivity index (χ1v) is 9.10. The third kappa shape index (κ3) is 4.56. The molecule has 2 aromatic rings. The number of rotatable bonds is 7. The van der Waals surface area contributed by atoms with Crippen LogP contribution in [0.3, 0.4) is 0 Å². The van der Waals surface area contributed by atoms with Gasteiger partial charge in [0.2, 0.25) is 0 Å². The van der Waals surface area contributed by atoms with E-state index in [-0.39, 0.29) is 0 Å². The van der Waals surface area contributed by atoms with Gasteiger partial charge in [0.25, 0.3) is 0 Å². The molecule has 2 nitrogen and oxygen atoms in total. The van der Waals surface area contributed by atoms with Crippen LogP contribution in [0.25, 0.3) is 0 Å². The quantitative estimate of drug-likeness (QED) is 0.723. The largest absolute Gasteiger partial charge is 0.370 e. The standard InChI is InChI=1S/C17H23BrN2S/c1-4-8-19-13(2)16-6-5-15(10-17(16)18)20(3)11-14-7-9-21-12-14/h5-7,9-10,12-13,19H,4,8,11H2,1-3H3. The number of hydrogen-bond donors (Lipinski definition) is 1. The van der Waals surface area contributed by atoms with E-state index in [2.05, 4.69) is 82.1 Å². The molecular weight excluding hydrogens is 344 g/mol. The number of thiophene rings is 1. The van der Waals surface area contributed by atoms with Gasteiger partial charge in [-0.2, -0.15) is 11.3 Å². The summed E-state index contributed by atoms with van der Waals surface area (Å²) in [5.41, 5.74) is 3.91. The maximum Gasteiger partial charge on any atom is 0.0434 e. The Morgan fingerprint density at radius 2 is 2.14 bits per heavy atom. The van der Waals surface area contributed by atoms with E-state index in [9.17, 15) is 0 Å². The van der Waals surface area contributed by atoms with Crippen LogP contribution < -0.4 is 10.2 Å². The van der Waals surface area contributed by atoms with Gasteiger partial charge in [0, 0.05) is 29.8 Å². The maximum atomic E-state index is 3.72. The molecule has 1 aromatic heterocycles. The monoisotopic (exact) mass is 366 g/mol. The highest BCUT2D eigenvalue weighted by molar-refractivity contribution is 9.10. The summed E-state index contributed by atoms with van der Waals surface area (Å²) >= 11 is 5.47. The van der Waals surface area contributed by atoms with Gasteiger partial charge < -0.3 is 10.2 Å². The molecular formula is C17H23BrN2S. The van der Waals surface area contributed by atoms with Crippen LogP contribution >= 0.6 is 27.3 Å². The Hall–Kier alpha value is -0.840. The highest BCUT2D eigenvalue weighted by Crippen LogP contribution is 2.28. The molecule has 0 aliphatic carbocycles. The summed E-state index contributed by atoms with van der Waals surface area (Å²) in [4.78, 5) is 2.28. The van der Waals surface area contributed by atoms with Crippen molar-refractivity contribution in [2.24, 2.45) is 0 Å². The molecule has 0 amide bonds. The molecule has 1 unspecified atom stereocenters. The summed E-state index contributed by atoms with van der Waals surface area (Å²) in [7, 11) is 2.14. The molecule has 0 saturated carbocycles. The van der Waals surface area contributed by atoms with Crippen molar-refractivity contribution >= 4 is 33.0 Å². The van der Waals surface area contributed by atoms with Gasteiger partial charge in [-0.3, -0.25) is 0 Å². The number of nitrogens with one attached hydrogen (secondary N) is 1. The minimum Gasteiger partial charge on any atom is -0.370 e. The molecule has 0 bridgehead atoms. The van der Waals surface area contributed by atoms with Gasteiger partial charge in [0.15, 0.2) is 0 Å². The maximum absolute atomic E-state index is 3.72. The lowest BCUT2D eigenvalue weighted by atomic mass is 10.1. The van der Waals surface area contributed by atoms with Gasteiger partial charge in [-0.15, -0.1) is 0 Å². The van der Waals surface area contributed by atoms with Crippen LogP contribution in [0, 0.1) is 0 Å². The zero-order chi connectivity index (χ0) is 15.2. The van der Waals surface area contributed by atoms with Crippen molar-refractivity contribution in [1.29, 1.82) is 0 Å². The Kier molecular flexibility index (Phi) is 6.27. The number of hydrogen-bond acceptors (Lipinski definition) is 3. The highest BCUT2D eigenvalue weighted by atomic mass is 79.9. The third-order valence-corrected chi connectivity index (χ3v) is 5.01. The normalized spacial score (nSPS) is 12.4. The van der Waals surface area contributed by atoms with Gasteiger partial charge in [0.1, 0.15) is 0 Å². The van der Waals surface area contributed by atoms with Crippen molar-refractivity contribution in [3.05, 3.63) is 50.6 Å². The molecule has 2 rings (SSSR count). The Morgan fingerprint density at radius 3 is 2.76 bits per heavy atom. The van der Waals surface area contributed by atoms with Crippen LogP contribution in [0.15, 0.2) is 39.5 Å². The van der Waals surface area contributed by atoms with Gasteiger partial charge in [0.05, 0.1) is 0 Å². The average molecular weight is 367 g/mol. The first-order chi connectivity index (χ1) is 10.1. The van der Waals surface area contributed by atoms with Crippen molar-refractivity contribution in [1.82, 2.24) is 5.32 Å². The van der Waals surface area contributed by atoms with Crippen LogP contribution in [0.5, 0.6) is 0 Å². The van der Waals surface area contributed by atoms with Crippen molar-refractivity contribution in [2.45, 2.75) is 32.9 Å². The Morgan fingerprint density at radius 1 is 1.33 bits per heavy atom. The number of nitrogens with zero attached hydrogens (tertiary/aromatic N) is 1. The van der Waals surface area contributed by atoms with E-state index < -0.39 is 0 Å². The summed E-state index contributed by atoms with van der Waals surface area (Å²) in [6.07, 6.45) is 1.16. The summed E-state index contributed by atoms with van der Waals surface area (Å²) in [5, 5.41) is 7.87. The number of halogens is 1. The van der Waals surface area contributed by atoms with Crippen LogP contribution in [0.4, 0.5) is 5.69 Å². The van der Waals surface area contributed by atoms with Gasteiger partial charge in [-0.05, 0) is 60.0 Å². The average Bonchev–Trinajstić information content (AvgIpc) is 2.97. The van der Waals surface area contributed by atoms with Crippen LogP contribution in [0.2, 0.25) is 0 Å². The van der Waals surface area contributed by atoms with E-state index in [1.165, 1.54) is 21.3 Å². The van der Waals surface area contributed by atoms with E-state index in [0.717, 1.165) is 19.5 Å². The third-order valence-electron chi connectivity index (χ3n) is 3.59. The molecule has 1 N–H and O–H groups in total. The van der Waals surface area contributed by atoms with E-state index >= 15 is 0 Å². The second kappa shape index (κ2) is 7.97. The van der Waals surface area contributed by atoms with Crippen molar-refractivity contribution in [2.75, 3.05) is 18.5 Å². The van der Waals surface area contributed by atoms with Crippen LogP contribution in [0.1, 0.15) is 37.4 Å². The lowest BCUT2D eigenvalue weighted by Crippen LogP contribution is -2.20. The molecule has 0 spiro atoms. The Balaban J connectivity index is 2.07. The molecule has 1 atom stereocenters. The SMILES string of the molecule is CCCNC(C)c1ccc(N(C)Cc2ccsc2)cc1Br. The second-order valence-corrected chi connectivity index (χ2v) is 7.00. The van der Waals surface area contributed by atoms with Crippen molar-refractivity contribution in [3.63, 3.8) is 0 Å². The van der Waals surface area contributed by atoms with Crippen LogP contribution in [-0.2, 0) is 6.54 Å².